The van der Waals surface area contributed by atoms with Gasteiger partial charge in [-0.05, 0) is 68.7 Å². The van der Waals surface area contributed by atoms with Crippen LogP contribution in [0.2, 0.25) is 0 Å². The van der Waals surface area contributed by atoms with Crippen LogP contribution in [0.25, 0.3) is 11.3 Å². The van der Waals surface area contributed by atoms with E-state index < -0.39 is 15.9 Å². The number of nitrogens with zero attached hydrogens (tertiary/aromatic N) is 2. The molecule has 1 aliphatic rings. The van der Waals surface area contributed by atoms with Gasteiger partial charge in [0.05, 0.1) is 10.6 Å². The second-order valence-corrected chi connectivity index (χ2v) is 10.2. The first-order valence-electron chi connectivity index (χ1n) is 11.1. The summed E-state index contributed by atoms with van der Waals surface area (Å²) in [6.45, 7) is 4.46. The van der Waals surface area contributed by atoms with Crippen LogP contribution in [0.4, 0.5) is 5.69 Å². The fourth-order valence-corrected chi connectivity index (χ4v) is 5.94. The number of rotatable bonds is 6. The van der Waals surface area contributed by atoms with E-state index in [4.69, 9.17) is 0 Å². The van der Waals surface area contributed by atoms with Gasteiger partial charge in [0.25, 0.3) is 5.91 Å². The number of aromatic hydroxyl groups is 1. The molecule has 2 aromatic carbocycles. The van der Waals surface area contributed by atoms with Crippen molar-refractivity contribution in [2.75, 3.05) is 11.9 Å². The van der Waals surface area contributed by atoms with Crippen LogP contribution in [0, 0.1) is 6.92 Å². The minimum absolute atomic E-state index is 0.0329. The molecule has 0 bridgehead atoms. The summed E-state index contributed by atoms with van der Waals surface area (Å²) >= 11 is 0. The molecule has 0 aliphatic carbocycles. The van der Waals surface area contributed by atoms with E-state index in [0.717, 1.165) is 31.2 Å². The predicted octanol–water partition coefficient (Wildman–Crippen LogP) is 4.30. The minimum atomic E-state index is -3.57. The number of H-pyrrole nitrogens is 1. The SMILES string of the molecule is CCC1CCCCN1S(=O)(=O)c1ccc(NC(=O)c2cc(-c3cc(C)ccc3O)n[nH]2)cc1. The highest BCUT2D eigenvalue weighted by atomic mass is 32.2. The molecule has 8 nitrogen and oxygen atoms in total. The molecule has 0 spiro atoms. The van der Waals surface area contributed by atoms with Crippen molar-refractivity contribution in [3.8, 4) is 17.0 Å². The first-order chi connectivity index (χ1) is 15.8. The number of hydrogen-bond donors (Lipinski definition) is 3. The smallest absolute Gasteiger partial charge is 0.273 e. The third-order valence-electron chi connectivity index (χ3n) is 6.01. The number of carbonyl (C=O) groups excluding carboxylic acids is 1. The number of phenols is 1. The monoisotopic (exact) mass is 468 g/mol. The highest BCUT2D eigenvalue weighted by Gasteiger charge is 2.32. The fraction of sp³-hybridized carbons (Fsp3) is 0.333. The standard InChI is InChI=1S/C24H28N4O4S/c1-3-18-6-4-5-13-28(18)33(31,32)19-10-8-17(9-11-19)25-24(30)22-15-21(26-27-22)20-14-16(2)7-12-23(20)29/h7-12,14-15,18,29H,3-6,13H2,1-2H3,(H,25,30)(H,26,27). The van der Waals surface area contributed by atoms with Gasteiger partial charge < -0.3 is 10.4 Å². The molecule has 0 radical (unpaired) electrons. The van der Waals surface area contributed by atoms with Crippen LogP contribution in [0.3, 0.4) is 0 Å². The van der Waals surface area contributed by atoms with E-state index in [1.807, 2.05) is 13.8 Å². The molecule has 3 N–H and O–H groups in total. The third-order valence-corrected chi connectivity index (χ3v) is 7.98. The first-order valence-corrected chi connectivity index (χ1v) is 12.5. The molecule has 1 atom stereocenters. The molecule has 1 fully saturated rings. The van der Waals surface area contributed by atoms with E-state index in [2.05, 4.69) is 15.5 Å². The van der Waals surface area contributed by atoms with Gasteiger partial charge in [0.15, 0.2) is 0 Å². The summed E-state index contributed by atoms with van der Waals surface area (Å²) in [4.78, 5) is 12.9. The number of aryl methyl sites for hydroxylation is 1. The second-order valence-electron chi connectivity index (χ2n) is 8.34. The molecule has 0 saturated carbocycles. The van der Waals surface area contributed by atoms with Crippen LogP contribution in [0.15, 0.2) is 53.4 Å². The van der Waals surface area contributed by atoms with Crippen molar-refractivity contribution >= 4 is 21.6 Å². The van der Waals surface area contributed by atoms with Crippen LogP contribution in [-0.4, -0.2) is 46.5 Å². The number of carbonyl (C=O) groups is 1. The number of sulfonamides is 1. The van der Waals surface area contributed by atoms with E-state index in [0.29, 0.717) is 23.5 Å². The maximum Gasteiger partial charge on any atom is 0.273 e. The van der Waals surface area contributed by atoms with E-state index in [9.17, 15) is 18.3 Å². The van der Waals surface area contributed by atoms with Gasteiger partial charge in [0.2, 0.25) is 10.0 Å². The number of aromatic amines is 1. The Labute approximate surface area is 193 Å². The zero-order chi connectivity index (χ0) is 23.6. The topological polar surface area (TPSA) is 115 Å². The summed E-state index contributed by atoms with van der Waals surface area (Å²) < 4.78 is 27.8. The largest absolute Gasteiger partial charge is 0.507 e. The summed E-state index contributed by atoms with van der Waals surface area (Å²) in [6, 6.07) is 13.0. The Kier molecular flexibility index (Phi) is 6.53. The van der Waals surface area contributed by atoms with Crippen LogP contribution in [0.1, 0.15) is 48.7 Å². The Morgan fingerprint density at radius 3 is 2.67 bits per heavy atom. The van der Waals surface area contributed by atoms with Crippen molar-refractivity contribution in [2.45, 2.75) is 50.5 Å². The summed E-state index contributed by atoms with van der Waals surface area (Å²) in [5, 5.41) is 19.6. The molecule has 1 unspecified atom stereocenters. The van der Waals surface area contributed by atoms with E-state index >= 15 is 0 Å². The molecular weight excluding hydrogens is 440 g/mol. The van der Waals surface area contributed by atoms with Gasteiger partial charge in [0, 0.05) is 23.8 Å². The van der Waals surface area contributed by atoms with E-state index in [1.165, 1.54) is 12.1 Å². The molecule has 3 aromatic rings. The molecule has 2 heterocycles. The van der Waals surface area contributed by atoms with Crippen molar-refractivity contribution < 1.29 is 18.3 Å². The Morgan fingerprint density at radius 2 is 1.94 bits per heavy atom. The average molecular weight is 469 g/mol. The number of phenolic OH excluding ortho intramolecular Hbond substituents is 1. The second kappa shape index (κ2) is 9.36. The number of benzene rings is 2. The van der Waals surface area contributed by atoms with Crippen LogP contribution < -0.4 is 5.32 Å². The Bertz CT molecular complexity index is 1250. The lowest BCUT2D eigenvalue weighted by atomic mass is 10.0. The molecule has 1 amide bonds. The highest BCUT2D eigenvalue weighted by molar-refractivity contribution is 7.89. The van der Waals surface area contributed by atoms with Gasteiger partial charge in [-0.15, -0.1) is 0 Å². The van der Waals surface area contributed by atoms with Gasteiger partial charge in [0.1, 0.15) is 11.4 Å². The lowest BCUT2D eigenvalue weighted by Crippen LogP contribution is -2.43. The summed E-state index contributed by atoms with van der Waals surface area (Å²) in [5.74, 6) is -0.339. The number of anilines is 1. The number of nitrogens with one attached hydrogen (secondary N) is 2. The molecule has 1 aliphatic heterocycles. The summed E-state index contributed by atoms with van der Waals surface area (Å²) in [6.07, 6.45) is 3.60. The predicted molar refractivity (Wildman–Crippen MR) is 127 cm³/mol. The molecule has 4 rings (SSSR count). The number of amides is 1. The average Bonchev–Trinajstić information content (AvgIpc) is 3.31. The molecule has 1 saturated heterocycles. The zero-order valence-corrected chi connectivity index (χ0v) is 19.5. The summed E-state index contributed by atoms with van der Waals surface area (Å²) in [5.41, 5.74) is 2.64. The highest BCUT2D eigenvalue weighted by Crippen LogP contribution is 2.30. The van der Waals surface area contributed by atoms with Gasteiger partial charge in [-0.1, -0.05) is 25.0 Å². The van der Waals surface area contributed by atoms with Crippen LogP contribution in [-0.2, 0) is 10.0 Å². The summed E-state index contributed by atoms with van der Waals surface area (Å²) in [7, 11) is -3.57. The Balaban J connectivity index is 1.48. The molecule has 174 valence electrons. The van der Waals surface area contributed by atoms with Crippen molar-refractivity contribution in [1.29, 1.82) is 0 Å². The number of hydrogen-bond acceptors (Lipinski definition) is 5. The lowest BCUT2D eigenvalue weighted by Gasteiger charge is -2.34. The molecule has 9 heteroatoms. The number of piperidine rings is 1. The zero-order valence-electron chi connectivity index (χ0n) is 18.7. The van der Waals surface area contributed by atoms with Crippen molar-refractivity contribution in [1.82, 2.24) is 14.5 Å². The minimum Gasteiger partial charge on any atom is -0.507 e. The molecular formula is C24H28N4O4S. The number of aromatic nitrogens is 2. The van der Waals surface area contributed by atoms with Gasteiger partial charge in [-0.25, -0.2) is 8.42 Å². The van der Waals surface area contributed by atoms with Crippen molar-refractivity contribution in [3.05, 3.63) is 59.8 Å². The van der Waals surface area contributed by atoms with E-state index in [1.54, 1.807) is 40.7 Å². The fourth-order valence-electron chi connectivity index (χ4n) is 4.17. The normalized spacial score (nSPS) is 17.1. The van der Waals surface area contributed by atoms with Crippen molar-refractivity contribution in [2.24, 2.45) is 0 Å². The maximum absolute atomic E-state index is 13.1. The van der Waals surface area contributed by atoms with Crippen LogP contribution >= 0.6 is 0 Å². The Morgan fingerprint density at radius 1 is 1.18 bits per heavy atom. The molecule has 1 aromatic heterocycles. The van der Waals surface area contributed by atoms with E-state index in [-0.39, 0.29) is 22.4 Å². The Hall–Kier alpha value is -3.17. The lowest BCUT2D eigenvalue weighted by molar-refractivity contribution is 0.102. The maximum atomic E-state index is 13.1. The third kappa shape index (κ3) is 4.79. The van der Waals surface area contributed by atoms with Gasteiger partial charge >= 0.3 is 0 Å². The van der Waals surface area contributed by atoms with Gasteiger partial charge in [-0.2, -0.15) is 9.40 Å². The van der Waals surface area contributed by atoms with Crippen molar-refractivity contribution in [3.63, 3.8) is 0 Å². The quantitative estimate of drug-likeness (QED) is 0.499. The van der Waals surface area contributed by atoms with Gasteiger partial charge in [-0.3, -0.25) is 9.89 Å². The molecule has 33 heavy (non-hydrogen) atoms. The van der Waals surface area contributed by atoms with Crippen LogP contribution in [0.5, 0.6) is 5.75 Å². The first kappa shape index (κ1) is 23.0.